The van der Waals surface area contributed by atoms with Gasteiger partial charge in [-0.05, 0) is 37.6 Å². The monoisotopic (exact) mass is 371 g/mol. The average Bonchev–Trinajstić information content (AvgIpc) is 2.62. The molecule has 0 aliphatic rings. The number of carbonyl (C=O) groups excluding carboxylic acids is 2. The number of amides is 2. The van der Waals surface area contributed by atoms with Gasteiger partial charge in [-0.2, -0.15) is 0 Å². The standard InChI is InChI=1S/C19H21N3O5/c1-19(2,12-23)21-17(24)11-13-7-9-14(10-8-13)20-18(25)15-5-3-4-6-16(15)22(26)27/h3-10,23H,11-12H2,1-2H3,(H,20,25)(H,21,24). The number of nitrogens with zero attached hydrogens (tertiary/aromatic N) is 1. The summed E-state index contributed by atoms with van der Waals surface area (Å²) in [6.45, 7) is 3.26. The number of hydrogen-bond acceptors (Lipinski definition) is 5. The summed E-state index contributed by atoms with van der Waals surface area (Å²) in [5.74, 6) is -0.816. The number of nitro groups is 1. The third-order valence-corrected chi connectivity index (χ3v) is 3.79. The first-order valence-electron chi connectivity index (χ1n) is 8.27. The van der Waals surface area contributed by atoms with Crippen LogP contribution in [0.4, 0.5) is 11.4 Å². The van der Waals surface area contributed by atoms with Crippen LogP contribution in [-0.2, 0) is 11.2 Å². The van der Waals surface area contributed by atoms with E-state index in [4.69, 9.17) is 0 Å². The molecular formula is C19H21N3O5. The molecule has 0 bridgehead atoms. The van der Waals surface area contributed by atoms with Gasteiger partial charge in [0.15, 0.2) is 0 Å². The molecule has 0 saturated carbocycles. The van der Waals surface area contributed by atoms with Crippen molar-refractivity contribution in [1.82, 2.24) is 5.32 Å². The van der Waals surface area contributed by atoms with Gasteiger partial charge in [-0.25, -0.2) is 0 Å². The minimum absolute atomic E-state index is 0.0304. The van der Waals surface area contributed by atoms with E-state index in [0.717, 1.165) is 5.56 Å². The van der Waals surface area contributed by atoms with Gasteiger partial charge in [0.1, 0.15) is 5.56 Å². The fraction of sp³-hybridized carbons (Fsp3) is 0.263. The van der Waals surface area contributed by atoms with E-state index in [1.54, 1.807) is 44.2 Å². The lowest BCUT2D eigenvalue weighted by Crippen LogP contribution is -2.46. The molecule has 0 atom stereocenters. The molecule has 0 saturated heterocycles. The minimum Gasteiger partial charge on any atom is -0.394 e. The SMILES string of the molecule is CC(C)(CO)NC(=O)Cc1ccc(NC(=O)c2ccccc2[N+](=O)[O-])cc1. The Kier molecular flexibility index (Phi) is 6.25. The Balaban J connectivity index is 2.03. The largest absolute Gasteiger partial charge is 0.394 e. The predicted molar refractivity (Wildman–Crippen MR) is 101 cm³/mol. The lowest BCUT2D eigenvalue weighted by Gasteiger charge is -2.23. The van der Waals surface area contributed by atoms with Crippen molar-refractivity contribution in [1.29, 1.82) is 0 Å². The van der Waals surface area contributed by atoms with Crippen molar-refractivity contribution in [3.8, 4) is 0 Å². The Hall–Kier alpha value is -3.26. The van der Waals surface area contributed by atoms with Gasteiger partial charge in [0.25, 0.3) is 11.6 Å². The quantitative estimate of drug-likeness (QED) is 0.509. The first-order valence-corrected chi connectivity index (χ1v) is 8.27. The van der Waals surface area contributed by atoms with Crippen molar-refractivity contribution >= 4 is 23.2 Å². The van der Waals surface area contributed by atoms with Gasteiger partial charge in [0.2, 0.25) is 5.91 Å². The summed E-state index contributed by atoms with van der Waals surface area (Å²) in [7, 11) is 0. The van der Waals surface area contributed by atoms with Gasteiger partial charge in [0, 0.05) is 11.8 Å². The van der Waals surface area contributed by atoms with Gasteiger partial charge in [0.05, 0.1) is 23.5 Å². The van der Waals surface area contributed by atoms with Crippen LogP contribution in [-0.4, -0.2) is 34.0 Å². The zero-order valence-electron chi connectivity index (χ0n) is 15.1. The van der Waals surface area contributed by atoms with Crippen molar-refractivity contribution < 1.29 is 19.6 Å². The summed E-state index contributed by atoms with van der Waals surface area (Å²) >= 11 is 0. The number of benzene rings is 2. The van der Waals surface area contributed by atoms with Crippen LogP contribution in [0.3, 0.4) is 0 Å². The van der Waals surface area contributed by atoms with Crippen LogP contribution in [0, 0.1) is 10.1 Å². The molecule has 27 heavy (non-hydrogen) atoms. The Morgan fingerprint density at radius 1 is 1.11 bits per heavy atom. The number of para-hydroxylation sites is 1. The first-order chi connectivity index (χ1) is 12.7. The van der Waals surface area contributed by atoms with Gasteiger partial charge in [-0.1, -0.05) is 24.3 Å². The van der Waals surface area contributed by atoms with Crippen molar-refractivity contribution in [2.24, 2.45) is 0 Å². The van der Waals surface area contributed by atoms with Crippen LogP contribution in [0.2, 0.25) is 0 Å². The molecule has 2 aromatic rings. The van der Waals surface area contributed by atoms with E-state index in [9.17, 15) is 24.8 Å². The maximum atomic E-state index is 12.3. The molecule has 0 aliphatic carbocycles. The second-order valence-electron chi connectivity index (χ2n) is 6.69. The predicted octanol–water partition coefficient (Wildman–Crippen LogP) is 2.28. The number of nitrogens with one attached hydrogen (secondary N) is 2. The van der Waals surface area contributed by atoms with Crippen LogP contribution in [0.15, 0.2) is 48.5 Å². The molecule has 0 unspecified atom stereocenters. The van der Waals surface area contributed by atoms with Gasteiger partial charge in [-0.3, -0.25) is 19.7 Å². The number of rotatable bonds is 7. The number of anilines is 1. The molecule has 2 rings (SSSR count). The number of hydrogen-bond donors (Lipinski definition) is 3. The molecule has 0 spiro atoms. The molecule has 8 heteroatoms. The van der Waals surface area contributed by atoms with Crippen LogP contribution in [0.25, 0.3) is 0 Å². The fourth-order valence-corrected chi connectivity index (χ4v) is 2.38. The molecule has 0 heterocycles. The topological polar surface area (TPSA) is 122 Å². The molecule has 2 aromatic carbocycles. The van der Waals surface area contributed by atoms with E-state index in [1.807, 2.05) is 0 Å². The number of carbonyl (C=O) groups is 2. The van der Waals surface area contributed by atoms with Crippen molar-refractivity contribution in [3.63, 3.8) is 0 Å². The van der Waals surface area contributed by atoms with Crippen molar-refractivity contribution in [3.05, 3.63) is 69.8 Å². The summed E-state index contributed by atoms with van der Waals surface area (Å²) in [6.07, 6.45) is 0.127. The van der Waals surface area contributed by atoms with Gasteiger partial charge < -0.3 is 15.7 Å². The van der Waals surface area contributed by atoms with Crippen LogP contribution in [0.5, 0.6) is 0 Å². The highest BCUT2D eigenvalue weighted by atomic mass is 16.6. The van der Waals surface area contributed by atoms with E-state index >= 15 is 0 Å². The van der Waals surface area contributed by atoms with Gasteiger partial charge >= 0.3 is 0 Å². The molecule has 142 valence electrons. The van der Waals surface area contributed by atoms with E-state index in [-0.39, 0.29) is 30.2 Å². The smallest absolute Gasteiger partial charge is 0.282 e. The maximum Gasteiger partial charge on any atom is 0.282 e. The van der Waals surface area contributed by atoms with Gasteiger partial charge in [-0.15, -0.1) is 0 Å². The van der Waals surface area contributed by atoms with Crippen molar-refractivity contribution in [2.45, 2.75) is 25.8 Å². The molecule has 0 radical (unpaired) electrons. The van der Waals surface area contributed by atoms with E-state index in [2.05, 4.69) is 10.6 Å². The molecule has 0 aromatic heterocycles. The highest BCUT2D eigenvalue weighted by molar-refractivity contribution is 6.07. The zero-order valence-corrected chi connectivity index (χ0v) is 15.1. The first kappa shape index (κ1) is 20.1. The van der Waals surface area contributed by atoms with Crippen molar-refractivity contribution in [2.75, 3.05) is 11.9 Å². The molecule has 0 aliphatic heterocycles. The normalized spacial score (nSPS) is 10.9. The highest BCUT2D eigenvalue weighted by Crippen LogP contribution is 2.19. The summed E-state index contributed by atoms with van der Waals surface area (Å²) in [6, 6.07) is 12.3. The highest BCUT2D eigenvalue weighted by Gasteiger charge is 2.20. The third-order valence-electron chi connectivity index (χ3n) is 3.79. The molecule has 3 N–H and O–H groups in total. The molecule has 0 fully saturated rings. The number of aliphatic hydroxyl groups excluding tert-OH is 1. The summed E-state index contributed by atoms with van der Waals surface area (Å²) in [5, 5.41) is 25.5. The summed E-state index contributed by atoms with van der Waals surface area (Å²) in [5.41, 5.74) is 0.185. The maximum absolute atomic E-state index is 12.3. The average molecular weight is 371 g/mol. The van der Waals surface area contributed by atoms with Crippen LogP contribution < -0.4 is 10.6 Å². The summed E-state index contributed by atoms with van der Waals surface area (Å²) in [4.78, 5) is 34.7. The summed E-state index contributed by atoms with van der Waals surface area (Å²) < 4.78 is 0. The lowest BCUT2D eigenvalue weighted by atomic mass is 10.1. The molecule has 8 nitrogen and oxygen atoms in total. The fourth-order valence-electron chi connectivity index (χ4n) is 2.38. The third kappa shape index (κ3) is 5.61. The number of nitro benzene ring substituents is 1. The molecular weight excluding hydrogens is 350 g/mol. The van der Waals surface area contributed by atoms with E-state index in [1.165, 1.54) is 18.2 Å². The Labute approximate surface area is 156 Å². The molecule has 2 amide bonds. The van der Waals surface area contributed by atoms with E-state index in [0.29, 0.717) is 5.69 Å². The Morgan fingerprint density at radius 2 is 1.74 bits per heavy atom. The zero-order chi connectivity index (χ0) is 20.0. The Bertz CT molecular complexity index is 847. The van der Waals surface area contributed by atoms with Crippen LogP contribution >= 0.6 is 0 Å². The van der Waals surface area contributed by atoms with Crippen LogP contribution in [0.1, 0.15) is 29.8 Å². The second kappa shape index (κ2) is 8.41. The number of aliphatic hydroxyl groups is 1. The Morgan fingerprint density at radius 3 is 2.33 bits per heavy atom. The van der Waals surface area contributed by atoms with E-state index < -0.39 is 16.4 Å². The second-order valence-corrected chi connectivity index (χ2v) is 6.69. The minimum atomic E-state index is -0.699. The lowest BCUT2D eigenvalue weighted by molar-refractivity contribution is -0.385.